The van der Waals surface area contributed by atoms with Crippen LogP contribution in [0.1, 0.15) is 24.5 Å². The standard InChI is InChI=1S/C24H12F20N2O8S2/c1-6(45-53-55(2,47)48)7-9(25)13(29)17(14(30)10(7)26)51-4-3-5-52-18-15(31)11(27)8(12(28)16(18)32)19(20(33,34)35)46-54-56(49,50)24(43,44)22(38,39)21(36,37)23(40,41)42/h3-5H2,1-2H3/b45-6+,46-19-. The van der Waals surface area contributed by atoms with Crippen molar-refractivity contribution < 1.29 is 123 Å². The molecule has 2 rings (SSSR count). The summed E-state index contributed by atoms with van der Waals surface area (Å²) in [7, 11) is -12.7. The van der Waals surface area contributed by atoms with Gasteiger partial charge in [0.2, 0.25) is 23.3 Å². The number of rotatable bonds is 15. The molecule has 0 saturated carbocycles. The van der Waals surface area contributed by atoms with Gasteiger partial charge in [-0.1, -0.05) is 10.3 Å². The smallest absolute Gasteiger partial charge is 0.460 e. The van der Waals surface area contributed by atoms with E-state index in [4.69, 9.17) is 0 Å². The van der Waals surface area contributed by atoms with Gasteiger partial charge in [-0.15, -0.1) is 0 Å². The third kappa shape index (κ3) is 9.03. The maximum Gasteiger partial charge on any atom is 0.460 e. The summed E-state index contributed by atoms with van der Waals surface area (Å²) >= 11 is 0. The Morgan fingerprint density at radius 2 is 0.929 bits per heavy atom. The Morgan fingerprint density at radius 3 is 1.27 bits per heavy atom. The summed E-state index contributed by atoms with van der Waals surface area (Å²) in [6.45, 7) is -1.91. The molecular weight excluding hydrogens is 888 g/mol. The summed E-state index contributed by atoms with van der Waals surface area (Å²) < 4.78 is 333. The van der Waals surface area contributed by atoms with E-state index in [2.05, 4.69) is 23.2 Å². The lowest BCUT2D eigenvalue weighted by atomic mass is 10.1. The van der Waals surface area contributed by atoms with E-state index in [1.165, 1.54) is 0 Å². The van der Waals surface area contributed by atoms with Crippen LogP contribution in [-0.4, -0.2) is 77.2 Å². The van der Waals surface area contributed by atoms with E-state index in [1.54, 1.807) is 0 Å². The van der Waals surface area contributed by atoms with Crippen LogP contribution < -0.4 is 9.47 Å². The molecule has 0 unspecified atom stereocenters. The average Bonchev–Trinajstić information content (AvgIpc) is 3.04. The molecule has 2 aromatic carbocycles. The van der Waals surface area contributed by atoms with Gasteiger partial charge in [0.05, 0.1) is 36.3 Å². The fourth-order valence-corrected chi connectivity index (χ4v) is 4.42. The first kappa shape index (κ1) is 47.6. The Balaban J connectivity index is 2.41. The predicted octanol–water partition coefficient (Wildman–Crippen LogP) is 7.39. The third-order valence-corrected chi connectivity index (χ3v) is 7.56. The summed E-state index contributed by atoms with van der Waals surface area (Å²) in [4.78, 5) is 0. The largest absolute Gasteiger partial charge is 0.487 e. The Morgan fingerprint density at radius 1 is 0.554 bits per heavy atom. The average molecular weight is 900 g/mol. The van der Waals surface area contributed by atoms with Crippen molar-refractivity contribution in [1.82, 2.24) is 0 Å². The van der Waals surface area contributed by atoms with Crippen molar-refractivity contribution in [2.75, 3.05) is 19.5 Å². The highest BCUT2D eigenvalue weighted by Gasteiger charge is 2.86. The molecule has 0 spiro atoms. The molecule has 0 bridgehead atoms. The third-order valence-electron chi connectivity index (χ3n) is 6.06. The van der Waals surface area contributed by atoms with Gasteiger partial charge in [-0.2, -0.15) is 87.1 Å². The lowest BCUT2D eigenvalue weighted by molar-refractivity contribution is -0.382. The van der Waals surface area contributed by atoms with E-state index in [1.807, 2.05) is 0 Å². The minimum Gasteiger partial charge on any atom is -0.487 e. The molecule has 0 aliphatic carbocycles. The van der Waals surface area contributed by atoms with Crippen molar-refractivity contribution >= 4 is 31.7 Å². The molecule has 0 aromatic heterocycles. The zero-order chi connectivity index (χ0) is 43.9. The maximum absolute atomic E-state index is 14.6. The summed E-state index contributed by atoms with van der Waals surface area (Å²) in [6, 6.07) is 0. The van der Waals surface area contributed by atoms with Crippen molar-refractivity contribution in [1.29, 1.82) is 0 Å². The minimum atomic E-state index is -8.28. The van der Waals surface area contributed by atoms with Gasteiger partial charge < -0.3 is 9.47 Å². The van der Waals surface area contributed by atoms with Crippen LogP contribution in [0.3, 0.4) is 0 Å². The number of alkyl halides is 12. The zero-order valence-corrected chi connectivity index (χ0v) is 27.8. The van der Waals surface area contributed by atoms with E-state index in [-0.39, 0.29) is 0 Å². The van der Waals surface area contributed by atoms with Crippen molar-refractivity contribution in [3.63, 3.8) is 0 Å². The van der Waals surface area contributed by atoms with Crippen LogP contribution >= 0.6 is 0 Å². The predicted molar refractivity (Wildman–Crippen MR) is 140 cm³/mol. The highest BCUT2D eigenvalue weighted by atomic mass is 32.2. The molecule has 0 amide bonds. The van der Waals surface area contributed by atoms with Crippen molar-refractivity contribution in [3.05, 3.63) is 57.7 Å². The van der Waals surface area contributed by atoms with Crippen LogP contribution in [0.2, 0.25) is 0 Å². The van der Waals surface area contributed by atoms with Gasteiger partial charge in [-0.25, -0.2) is 17.6 Å². The molecule has 0 saturated heterocycles. The number of oxime groups is 2. The van der Waals surface area contributed by atoms with Gasteiger partial charge in [-0.05, 0) is 6.92 Å². The molecule has 0 heterocycles. The first-order chi connectivity index (χ1) is 25.0. The van der Waals surface area contributed by atoms with Crippen LogP contribution in [0.25, 0.3) is 0 Å². The monoisotopic (exact) mass is 900 g/mol. The molecule has 0 N–H and O–H groups in total. The molecule has 0 radical (unpaired) electrons. The van der Waals surface area contributed by atoms with Crippen molar-refractivity contribution in [2.24, 2.45) is 10.3 Å². The number of benzene rings is 2. The van der Waals surface area contributed by atoms with Gasteiger partial charge in [0.25, 0.3) is 0 Å². The number of halogens is 20. The van der Waals surface area contributed by atoms with Crippen LogP contribution in [0.15, 0.2) is 10.3 Å². The Hall–Kier alpha value is -4.52. The fourth-order valence-electron chi connectivity index (χ4n) is 3.47. The summed E-state index contributed by atoms with van der Waals surface area (Å²) in [6.07, 6.45) is -14.9. The SMILES string of the molecule is C/C(=N\OS(C)(=O)=O)c1c(F)c(F)c(OCCCOc2c(F)c(F)c(/C(=N/OS(=O)(=O)C(F)(F)C(F)(F)C(F)(F)C(F)(F)F)C(F)(F)F)c(F)c2F)c(F)c1F. The second kappa shape index (κ2) is 15.8. The minimum absolute atomic E-state index is 0.424. The van der Waals surface area contributed by atoms with Crippen LogP contribution in [0.5, 0.6) is 11.5 Å². The summed E-state index contributed by atoms with van der Waals surface area (Å²) in [5, 5.41) is -3.98. The summed E-state index contributed by atoms with van der Waals surface area (Å²) in [5.41, 5.74) is -9.73. The van der Waals surface area contributed by atoms with Gasteiger partial charge in [0, 0.05) is 6.42 Å². The van der Waals surface area contributed by atoms with E-state index < -0.39 is 150 Å². The van der Waals surface area contributed by atoms with E-state index >= 15 is 0 Å². The molecule has 0 fully saturated rings. The topological polar surface area (TPSA) is 130 Å². The first-order valence-corrected chi connectivity index (χ1v) is 16.4. The zero-order valence-electron chi connectivity index (χ0n) is 26.2. The molecule has 0 atom stereocenters. The highest BCUT2D eigenvalue weighted by Crippen LogP contribution is 2.55. The van der Waals surface area contributed by atoms with Crippen molar-refractivity contribution in [2.45, 2.75) is 42.8 Å². The summed E-state index contributed by atoms with van der Waals surface area (Å²) in [5.74, 6) is -42.1. The molecule has 10 nitrogen and oxygen atoms in total. The van der Waals surface area contributed by atoms with E-state index in [0.29, 0.717) is 13.2 Å². The number of nitrogens with zero attached hydrogens (tertiary/aromatic N) is 2. The fraction of sp³-hybridized carbons (Fsp3) is 0.417. The van der Waals surface area contributed by atoms with Gasteiger partial charge in [0.15, 0.2) is 40.5 Å². The molecule has 0 aliphatic heterocycles. The lowest BCUT2D eigenvalue weighted by Crippen LogP contribution is -2.63. The van der Waals surface area contributed by atoms with Gasteiger partial charge in [-0.3, -0.25) is 8.57 Å². The van der Waals surface area contributed by atoms with Crippen LogP contribution in [-0.2, 0) is 28.8 Å². The molecule has 0 aliphatic rings. The van der Waals surface area contributed by atoms with E-state index in [0.717, 1.165) is 5.16 Å². The Bertz CT molecular complexity index is 2080. The maximum atomic E-state index is 14.6. The van der Waals surface area contributed by atoms with Crippen molar-refractivity contribution in [3.8, 4) is 11.5 Å². The van der Waals surface area contributed by atoms with Gasteiger partial charge >= 0.3 is 49.7 Å². The number of ether oxygens (including phenoxy) is 2. The Kier molecular flexibility index (Phi) is 13.4. The molecule has 2 aromatic rings. The number of hydrogen-bond acceptors (Lipinski definition) is 10. The number of hydrogen-bond donors (Lipinski definition) is 0. The Labute approximate surface area is 296 Å². The van der Waals surface area contributed by atoms with Crippen LogP contribution in [0.4, 0.5) is 87.8 Å². The normalized spacial score (nSPS) is 14.2. The highest BCUT2D eigenvalue weighted by molar-refractivity contribution is 7.87. The molecule has 32 heteroatoms. The lowest BCUT2D eigenvalue weighted by Gasteiger charge is -2.31. The van der Waals surface area contributed by atoms with E-state index in [9.17, 15) is 105 Å². The van der Waals surface area contributed by atoms with Gasteiger partial charge in [0.1, 0.15) is 0 Å². The second-order valence-corrected chi connectivity index (χ2v) is 13.2. The molecular formula is C24H12F20N2O8S2. The second-order valence-electron chi connectivity index (χ2n) is 10.1. The van der Waals surface area contributed by atoms with Crippen LogP contribution in [0, 0.1) is 46.5 Å². The first-order valence-electron chi connectivity index (χ1n) is 13.2. The molecule has 318 valence electrons. The quantitative estimate of drug-likeness (QED) is 0.0596. The molecule has 56 heavy (non-hydrogen) atoms.